The molecule has 2 atom stereocenters. The van der Waals surface area contributed by atoms with Gasteiger partial charge in [0.1, 0.15) is 11.3 Å². The number of aromatic nitrogens is 2. The minimum Gasteiger partial charge on any atom is -0.422 e. The minimum atomic E-state index is -1.39. The number of rotatable bonds is 0. The van der Waals surface area contributed by atoms with E-state index in [0.29, 0.717) is 27.5 Å². The number of nitriles is 1. The van der Waals surface area contributed by atoms with E-state index < -0.39 is 11.3 Å². The van der Waals surface area contributed by atoms with Crippen molar-refractivity contribution in [3.8, 4) is 11.9 Å². The van der Waals surface area contributed by atoms with Gasteiger partial charge in [0.25, 0.3) is 0 Å². The van der Waals surface area contributed by atoms with Crippen LogP contribution in [-0.4, -0.2) is 22.0 Å². The van der Waals surface area contributed by atoms with Crippen LogP contribution in [0.25, 0.3) is 0 Å². The molecule has 1 aromatic heterocycles. The molecule has 0 aliphatic carbocycles. The molecule has 1 amide bonds. The van der Waals surface area contributed by atoms with E-state index in [1.165, 1.54) is 0 Å². The third-order valence-corrected chi connectivity index (χ3v) is 4.59. The van der Waals surface area contributed by atoms with Crippen LogP contribution in [0.2, 0.25) is 5.02 Å². The van der Waals surface area contributed by atoms with Crippen molar-refractivity contribution in [1.29, 1.82) is 10.7 Å². The summed E-state index contributed by atoms with van der Waals surface area (Å²) >= 11 is 6.11. The number of aryl methyl sites for hydroxylation is 1. The number of carbonyl (C=O) groups is 1. The Hall–Kier alpha value is -2.85. The molecule has 3 heterocycles. The normalized spacial score (nSPS) is 24.7. The van der Waals surface area contributed by atoms with Crippen LogP contribution in [0.15, 0.2) is 18.2 Å². The Balaban J connectivity index is 2.15. The highest BCUT2D eigenvalue weighted by Crippen LogP contribution is 2.54. The molecule has 2 unspecified atom stereocenters. The van der Waals surface area contributed by atoms with Gasteiger partial charge in [-0.25, -0.2) is 0 Å². The highest BCUT2D eigenvalue weighted by Gasteiger charge is 2.61. The molecule has 3 N–H and O–H groups in total. The number of fused-ring (bicyclic) bond motifs is 4. The lowest BCUT2D eigenvalue weighted by atomic mass is 9.65. The minimum absolute atomic E-state index is 0.141. The van der Waals surface area contributed by atoms with E-state index in [1.54, 1.807) is 25.1 Å². The maximum atomic E-state index is 12.9. The number of carbonyl (C=O) groups excluding carboxylic acids is 1. The number of benzene rings is 1. The molecule has 2 aliphatic heterocycles. The number of aromatic amines is 1. The maximum Gasteiger partial charge on any atom is 0.244 e. The van der Waals surface area contributed by atoms with Gasteiger partial charge in [-0.15, -0.1) is 5.10 Å². The van der Waals surface area contributed by atoms with Gasteiger partial charge in [-0.1, -0.05) is 11.6 Å². The summed E-state index contributed by atoms with van der Waals surface area (Å²) in [7, 11) is 0. The van der Waals surface area contributed by atoms with Crippen LogP contribution in [0.1, 0.15) is 16.8 Å². The second-order valence-electron chi connectivity index (χ2n) is 5.51. The van der Waals surface area contributed by atoms with Crippen LogP contribution in [0.4, 0.5) is 5.69 Å². The molecular weight excluding hydrogens is 318 g/mol. The summed E-state index contributed by atoms with van der Waals surface area (Å²) in [6.45, 7) is 1.75. The van der Waals surface area contributed by atoms with Gasteiger partial charge in [0.15, 0.2) is 0 Å². The first-order valence-electron chi connectivity index (χ1n) is 6.83. The molecule has 0 radical (unpaired) electrons. The number of anilines is 1. The number of nitrogens with one attached hydrogen (secondary N) is 3. The molecule has 4 rings (SSSR count). The molecule has 0 fully saturated rings. The summed E-state index contributed by atoms with van der Waals surface area (Å²) in [5, 5.41) is 27.7. The summed E-state index contributed by atoms with van der Waals surface area (Å²) < 4.78 is 5.34. The van der Waals surface area contributed by atoms with E-state index in [4.69, 9.17) is 21.7 Å². The fourth-order valence-corrected chi connectivity index (χ4v) is 3.61. The second-order valence-corrected chi connectivity index (χ2v) is 5.95. The standard InChI is InChI=1S/C15H10ClN5O2/c1-6-11-13(21-20-6)23-12(18)9(5-17)15(11)8-4-7(16)2-3-10(8)19-14(15)22/h2-4,9,18H,1H3,(H,19,22)(H,20,21). The molecule has 114 valence electrons. The van der Waals surface area contributed by atoms with Crippen LogP contribution in [-0.2, 0) is 10.2 Å². The third kappa shape index (κ3) is 1.51. The molecule has 23 heavy (non-hydrogen) atoms. The van der Waals surface area contributed by atoms with Crippen molar-refractivity contribution in [2.75, 3.05) is 5.32 Å². The van der Waals surface area contributed by atoms with Gasteiger partial charge < -0.3 is 10.1 Å². The highest BCUT2D eigenvalue weighted by atomic mass is 35.5. The molecule has 1 aromatic carbocycles. The van der Waals surface area contributed by atoms with Crippen molar-refractivity contribution in [3.05, 3.63) is 40.0 Å². The van der Waals surface area contributed by atoms with Gasteiger partial charge in [0, 0.05) is 16.4 Å². The Labute approximate surface area is 135 Å². The number of ether oxygens (including phenoxy) is 1. The van der Waals surface area contributed by atoms with Gasteiger partial charge in [-0.2, -0.15) is 5.26 Å². The van der Waals surface area contributed by atoms with E-state index in [2.05, 4.69) is 15.5 Å². The Morgan fingerprint density at radius 2 is 2.30 bits per heavy atom. The van der Waals surface area contributed by atoms with E-state index in [1.807, 2.05) is 6.07 Å². The number of halogens is 1. The van der Waals surface area contributed by atoms with E-state index >= 15 is 0 Å². The van der Waals surface area contributed by atoms with Crippen LogP contribution < -0.4 is 10.1 Å². The van der Waals surface area contributed by atoms with Crippen molar-refractivity contribution >= 4 is 29.1 Å². The van der Waals surface area contributed by atoms with E-state index in [0.717, 1.165) is 0 Å². The molecule has 0 bridgehead atoms. The van der Waals surface area contributed by atoms with Crippen LogP contribution in [0, 0.1) is 29.6 Å². The summed E-state index contributed by atoms with van der Waals surface area (Å²) in [6.07, 6.45) is 0. The largest absolute Gasteiger partial charge is 0.422 e. The summed E-state index contributed by atoms with van der Waals surface area (Å²) in [4.78, 5) is 12.9. The lowest BCUT2D eigenvalue weighted by Crippen LogP contribution is -2.50. The van der Waals surface area contributed by atoms with E-state index in [-0.39, 0.29) is 17.7 Å². The number of H-pyrrole nitrogens is 1. The summed E-state index contributed by atoms with van der Waals surface area (Å²) in [5.41, 5.74) is 0.812. The third-order valence-electron chi connectivity index (χ3n) is 4.35. The van der Waals surface area contributed by atoms with Crippen molar-refractivity contribution in [1.82, 2.24) is 10.2 Å². The van der Waals surface area contributed by atoms with Gasteiger partial charge in [0.2, 0.25) is 17.7 Å². The molecule has 2 aromatic rings. The second kappa shape index (κ2) is 4.33. The van der Waals surface area contributed by atoms with E-state index in [9.17, 15) is 10.1 Å². The monoisotopic (exact) mass is 327 g/mol. The van der Waals surface area contributed by atoms with Gasteiger partial charge in [0.05, 0.1) is 11.6 Å². The molecular formula is C15H10ClN5O2. The maximum absolute atomic E-state index is 12.9. The van der Waals surface area contributed by atoms with Gasteiger partial charge in [-0.05, 0) is 30.7 Å². The lowest BCUT2D eigenvalue weighted by Gasteiger charge is -2.35. The number of hydrogen-bond acceptors (Lipinski definition) is 5. The highest BCUT2D eigenvalue weighted by molar-refractivity contribution is 6.31. The number of nitrogens with zero attached hydrogens (tertiary/aromatic N) is 2. The average molecular weight is 328 g/mol. The Morgan fingerprint density at radius 1 is 1.52 bits per heavy atom. The molecule has 2 aliphatic rings. The quantitative estimate of drug-likeness (QED) is 0.687. The van der Waals surface area contributed by atoms with Crippen LogP contribution >= 0.6 is 11.6 Å². The molecule has 7 nitrogen and oxygen atoms in total. The number of hydrogen-bond donors (Lipinski definition) is 3. The summed E-state index contributed by atoms with van der Waals surface area (Å²) in [5.74, 6) is -1.66. The van der Waals surface area contributed by atoms with Crippen molar-refractivity contribution in [2.45, 2.75) is 12.3 Å². The fourth-order valence-electron chi connectivity index (χ4n) is 3.43. The Morgan fingerprint density at radius 3 is 3.04 bits per heavy atom. The van der Waals surface area contributed by atoms with Gasteiger partial charge >= 0.3 is 0 Å². The predicted octanol–water partition coefficient (Wildman–Crippen LogP) is 2.12. The van der Waals surface area contributed by atoms with Gasteiger partial charge in [-0.3, -0.25) is 15.3 Å². The van der Waals surface area contributed by atoms with Crippen LogP contribution in [0.3, 0.4) is 0 Å². The zero-order chi connectivity index (χ0) is 16.4. The van der Waals surface area contributed by atoms with Crippen molar-refractivity contribution in [3.63, 3.8) is 0 Å². The van der Waals surface area contributed by atoms with Crippen molar-refractivity contribution in [2.24, 2.45) is 5.92 Å². The average Bonchev–Trinajstić information content (AvgIpc) is 3.00. The smallest absolute Gasteiger partial charge is 0.244 e. The first kappa shape index (κ1) is 13.8. The zero-order valence-electron chi connectivity index (χ0n) is 11.9. The first-order chi connectivity index (χ1) is 11.0. The zero-order valence-corrected chi connectivity index (χ0v) is 12.7. The molecule has 1 spiro atoms. The summed E-state index contributed by atoms with van der Waals surface area (Å²) in [6, 6.07) is 7.04. The molecule has 0 saturated carbocycles. The topological polar surface area (TPSA) is 115 Å². The SMILES string of the molecule is Cc1[nH]nc2c1C1(C(=O)Nc3ccc(Cl)cc31)C(C#N)C(=N)O2. The van der Waals surface area contributed by atoms with Crippen molar-refractivity contribution < 1.29 is 9.53 Å². The fraction of sp³-hybridized carbons (Fsp3) is 0.200. The molecule has 0 saturated heterocycles. The number of amides is 1. The lowest BCUT2D eigenvalue weighted by molar-refractivity contribution is -0.120. The van der Waals surface area contributed by atoms with Crippen LogP contribution in [0.5, 0.6) is 5.88 Å². The Bertz CT molecular complexity index is 928. The Kier molecular flexibility index (Phi) is 2.60. The molecule has 8 heteroatoms. The first-order valence-corrected chi connectivity index (χ1v) is 7.20. The predicted molar refractivity (Wildman–Crippen MR) is 81.6 cm³/mol.